The van der Waals surface area contributed by atoms with Gasteiger partial charge in [0.1, 0.15) is 0 Å². The minimum atomic E-state index is -4.80. The molecule has 2 aromatic carbocycles. The topological polar surface area (TPSA) is 81.2 Å². The van der Waals surface area contributed by atoms with Crippen LogP contribution in [0.1, 0.15) is 19.4 Å². The van der Waals surface area contributed by atoms with E-state index in [1.807, 2.05) is 13.8 Å². The van der Waals surface area contributed by atoms with Crippen LogP contribution in [0.5, 0.6) is 5.88 Å². The number of anilines is 1. The highest BCUT2D eigenvalue weighted by Crippen LogP contribution is 2.34. The number of benzene rings is 2. The highest BCUT2D eigenvalue weighted by atomic mass is 32.2. The number of aromatic nitrogens is 2. The van der Waals surface area contributed by atoms with E-state index >= 15 is 0 Å². The summed E-state index contributed by atoms with van der Waals surface area (Å²) in [6.45, 7) is 4.49. The maximum absolute atomic E-state index is 13.2. The third-order valence-electron chi connectivity index (χ3n) is 4.10. The summed E-state index contributed by atoms with van der Waals surface area (Å²) < 4.78 is 72.6. The molecular weight excluding hydrogens is 431 g/mol. The van der Waals surface area contributed by atoms with Gasteiger partial charge in [0.15, 0.2) is 0 Å². The van der Waals surface area contributed by atoms with Crippen molar-refractivity contribution in [1.82, 2.24) is 10.2 Å². The Kier molecular flexibility index (Phi) is 6.49. The van der Waals surface area contributed by atoms with Gasteiger partial charge in [-0.1, -0.05) is 38.1 Å². The number of alkyl halides is 3. The number of hydrogen-bond acceptors (Lipinski definition) is 5. The number of nitrogens with one attached hydrogen (secondary N) is 1. The minimum Gasteiger partial charge on any atom is -0.476 e. The third kappa shape index (κ3) is 5.72. The van der Waals surface area contributed by atoms with Crippen molar-refractivity contribution in [2.24, 2.45) is 5.92 Å². The molecule has 0 unspecified atom stereocenters. The van der Waals surface area contributed by atoms with Crippen molar-refractivity contribution < 1.29 is 26.3 Å². The standard InChI is InChI=1S/C21H20F3N3O3S/c1-14(2)13-30-20-11-10-18(25-26-20)15-6-5-7-16(12-15)27-31(28,29)19-9-4-3-8-17(19)21(22,23)24/h3-12,14,27H,13H2,1-2H3. The zero-order valence-electron chi connectivity index (χ0n) is 16.7. The van der Waals surface area contributed by atoms with Crippen LogP contribution in [0.2, 0.25) is 0 Å². The van der Waals surface area contributed by atoms with Crippen molar-refractivity contribution in [3.05, 3.63) is 66.2 Å². The Morgan fingerprint density at radius 3 is 2.39 bits per heavy atom. The smallest absolute Gasteiger partial charge is 0.417 e. The summed E-state index contributed by atoms with van der Waals surface area (Å²) in [5.41, 5.74) is -0.154. The molecule has 0 spiro atoms. The fourth-order valence-corrected chi connectivity index (χ4v) is 3.97. The molecular formula is C21H20F3N3O3S. The molecule has 3 rings (SSSR count). The first-order valence-corrected chi connectivity index (χ1v) is 10.8. The second kappa shape index (κ2) is 8.93. The van der Waals surface area contributed by atoms with E-state index in [4.69, 9.17) is 4.74 Å². The van der Waals surface area contributed by atoms with Crippen molar-refractivity contribution in [2.75, 3.05) is 11.3 Å². The lowest BCUT2D eigenvalue weighted by molar-refractivity contribution is -0.139. The van der Waals surface area contributed by atoms with Gasteiger partial charge in [0.05, 0.1) is 22.8 Å². The molecule has 164 valence electrons. The number of rotatable bonds is 7. The summed E-state index contributed by atoms with van der Waals surface area (Å²) >= 11 is 0. The summed E-state index contributed by atoms with van der Waals surface area (Å²) in [6.07, 6.45) is -4.80. The van der Waals surface area contributed by atoms with Crippen LogP contribution in [0, 0.1) is 5.92 Å². The van der Waals surface area contributed by atoms with Crippen molar-refractivity contribution in [1.29, 1.82) is 0 Å². The van der Waals surface area contributed by atoms with E-state index in [9.17, 15) is 21.6 Å². The normalized spacial score (nSPS) is 12.1. The average molecular weight is 451 g/mol. The zero-order valence-corrected chi connectivity index (χ0v) is 17.5. The lowest BCUT2D eigenvalue weighted by Gasteiger charge is -2.14. The summed E-state index contributed by atoms with van der Waals surface area (Å²) in [5, 5.41) is 8.05. The highest BCUT2D eigenvalue weighted by molar-refractivity contribution is 7.92. The van der Waals surface area contributed by atoms with E-state index in [1.54, 1.807) is 24.3 Å². The molecule has 6 nitrogen and oxygen atoms in total. The van der Waals surface area contributed by atoms with E-state index in [1.165, 1.54) is 18.2 Å². The molecule has 0 fully saturated rings. The van der Waals surface area contributed by atoms with Gasteiger partial charge in [0.2, 0.25) is 5.88 Å². The van der Waals surface area contributed by atoms with Gasteiger partial charge in [-0.25, -0.2) is 8.42 Å². The molecule has 1 aromatic heterocycles. The number of halogens is 3. The highest BCUT2D eigenvalue weighted by Gasteiger charge is 2.36. The molecule has 0 saturated carbocycles. The predicted molar refractivity (Wildman–Crippen MR) is 110 cm³/mol. The fraction of sp³-hybridized carbons (Fsp3) is 0.238. The molecule has 0 amide bonds. The quantitative estimate of drug-likeness (QED) is 0.547. The lowest BCUT2D eigenvalue weighted by atomic mass is 10.1. The summed E-state index contributed by atoms with van der Waals surface area (Å²) in [6, 6.07) is 13.5. The molecule has 0 aliphatic heterocycles. The Morgan fingerprint density at radius 2 is 1.74 bits per heavy atom. The molecule has 1 N–H and O–H groups in total. The van der Waals surface area contributed by atoms with E-state index in [-0.39, 0.29) is 5.69 Å². The maximum atomic E-state index is 13.2. The van der Waals surface area contributed by atoms with Crippen molar-refractivity contribution in [3.8, 4) is 17.1 Å². The molecule has 10 heteroatoms. The first-order valence-electron chi connectivity index (χ1n) is 9.32. The number of hydrogen-bond donors (Lipinski definition) is 1. The number of nitrogens with zero attached hydrogens (tertiary/aromatic N) is 2. The molecule has 0 atom stereocenters. The van der Waals surface area contributed by atoms with Crippen LogP contribution in [-0.2, 0) is 16.2 Å². The molecule has 1 heterocycles. The largest absolute Gasteiger partial charge is 0.476 e. The molecule has 0 bridgehead atoms. The Labute approximate surface area is 178 Å². The summed E-state index contributed by atoms with van der Waals surface area (Å²) in [5.74, 6) is 0.687. The fourth-order valence-electron chi connectivity index (χ4n) is 2.69. The number of ether oxygens (including phenoxy) is 1. The van der Waals surface area contributed by atoms with Gasteiger partial charge in [0.25, 0.3) is 10.0 Å². The molecule has 0 saturated heterocycles. The Bertz CT molecular complexity index is 1150. The van der Waals surface area contributed by atoms with Crippen LogP contribution < -0.4 is 9.46 Å². The van der Waals surface area contributed by atoms with E-state index in [2.05, 4.69) is 14.9 Å². The first-order chi connectivity index (χ1) is 14.6. The van der Waals surface area contributed by atoms with Crippen LogP contribution in [0.3, 0.4) is 0 Å². The Balaban J connectivity index is 1.84. The van der Waals surface area contributed by atoms with E-state index in [0.29, 0.717) is 29.7 Å². The summed E-state index contributed by atoms with van der Waals surface area (Å²) in [4.78, 5) is -0.848. The van der Waals surface area contributed by atoms with E-state index < -0.39 is 26.7 Å². The van der Waals surface area contributed by atoms with Gasteiger partial charge in [-0.15, -0.1) is 10.2 Å². The van der Waals surface area contributed by atoms with E-state index in [0.717, 1.165) is 18.2 Å². The van der Waals surface area contributed by atoms with Crippen LogP contribution in [0.15, 0.2) is 65.6 Å². The lowest BCUT2D eigenvalue weighted by Crippen LogP contribution is -2.18. The molecule has 31 heavy (non-hydrogen) atoms. The van der Waals surface area contributed by atoms with Crippen molar-refractivity contribution in [2.45, 2.75) is 24.9 Å². The molecule has 0 aliphatic carbocycles. The van der Waals surface area contributed by atoms with Gasteiger partial charge in [0, 0.05) is 17.3 Å². The monoisotopic (exact) mass is 451 g/mol. The van der Waals surface area contributed by atoms with Crippen LogP contribution in [0.25, 0.3) is 11.3 Å². The second-order valence-corrected chi connectivity index (χ2v) is 8.79. The van der Waals surface area contributed by atoms with Gasteiger partial charge in [-0.2, -0.15) is 13.2 Å². The molecule has 0 radical (unpaired) electrons. The van der Waals surface area contributed by atoms with Crippen LogP contribution >= 0.6 is 0 Å². The van der Waals surface area contributed by atoms with Crippen molar-refractivity contribution in [3.63, 3.8) is 0 Å². The molecule has 3 aromatic rings. The third-order valence-corrected chi connectivity index (χ3v) is 5.54. The zero-order chi connectivity index (χ0) is 22.6. The van der Waals surface area contributed by atoms with Crippen LogP contribution in [-0.4, -0.2) is 25.2 Å². The SMILES string of the molecule is CC(C)COc1ccc(-c2cccc(NS(=O)(=O)c3ccccc3C(F)(F)F)c2)nn1. The summed E-state index contributed by atoms with van der Waals surface area (Å²) in [7, 11) is -4.47. The molecule has 0 aliphatic rings. The van der Waals surface area contributed by atoms with Crippen molar-refractivity contribution >= 4 is 15.7 Å². The minimum absolute atomic E-state index is 0.0939. The maximum Gasteiger partial charge on any atom is 0.417 e. The average Bonchev–Trinajstić information content (AvgIpc) is 2.72. The van der Waals surface area contributed by atoms with Gasteiger partial charge < -0.3 is 4.74 Å². The van der Waals surface area contributed by atoms with Crippen LogP contribution in [0.4, 0.5) is 18.9 Å². The Morgan fingerprint density at radius 1 is 1.00 bits per heavy atom. The second-order valence-electron chi connectivity index (χ2n) is 7.14. The number of sulfonamides is 1. The van der Waals surface area contributed by atoms with Gasteiger partial charge >= 0.3 is 6.18 Å². The van der Waals surface area contributed by atoms with Gasteiger partial charge in [-0.3, -0.25) is 4.72 Å². The Hall–Kier alpha value is -3.14. The predicted octanol–water partition coefficient (Wildman–Crippen LogP) is 5.00. The van der Waals surface area contributed by atoms with Gasteiger partial charge in [-0.05, 0) is 36.2 Å². The first kappa shape index (κ1) is 22.5.